The molecular weight excluding hydrogens is 374 g/mol. The molecule has 3 aromatic rings. The summed E-state index contributed by atoms with van der Waals surface area (Å²) in [5.41, 5.74) is 1.21. The van der Waals surface area contributed by atoms with E-state index in [1.807, 2.05) is 11.4 Å². The predicted octanol–water partition coefficient (Wildman–Crippen LogP) is 5.18. The first-order chi connectivity index (χ1) is 12.6. The van der Waals surface area contributed by atoms with Gasteiger partial charge >= 0.3 is 5.97 Å². The van der Waals surface area contributed by atoms with E-state index in [1.165, 1.54) is 11.3 Å². The number of ether oxygens (including phenoxy) is 1. The topological polar surface area (TPSA) is 69.4 Å². The maximum atomic E-state index is 12.5. The number of rotatable bonds is 7. The number of halogens is 1. The number of benzene rings is 1. The maximum Gasteiger partial charge on any atom is 0.344 e. The summed E-state index contributed by atoms with van der Waals surface area (Å²) in [4.78, 5) is 25.1. The molecule has 0 aliphatic carbocycles. The van der Waals surface area contributed by atoms with Gasteiger partial charge in [0.2, 0.25) is 0 Å². The molecule has 0 saturated carbocycles. The predicted molar refractivity (Wildman–Crippen MR) is 99.9 cm³/mol. The molecule has 0 N–H and O–H groups in total. The zero-order valence-corrected chi connectivity index (χ0v) is 15.6. The molecule has 0 radical (unpaired) electrons. The first-order valence-electron chi connectivity index (χ1n) is 8.03. The molecule has 2 aromatic heterocycles. The molecule has 1 aromatic carbocycles. The van der Waals surface area contributed by atoms with Crippen LogP contribution >= 0.6 is 22.9 Å². The van der Waals surface area contributed by atoms with E-state index >= 15 is 0 Å². The molecule has 0 fully saturated rings. The zero-order chi connectivity index (χ0) is 18.5. The Hall–Kier alpha value is -2.44. The molecule has 134 valence electrons. The van der Waals surface area contributed by atoms with Crippen LogP contribution in [0.15, 0.2) is 46.3 Å². The van der Waals surface area contributed by atoms with Crippen LogP contribution in [-0.2, 0) is 4.74 Å². The van der Waals surface area contributed by atoms with Gasteiger partial charge in [-0.05, 0) is 30.9 Å². The van der Waals surface area contributed by atoms with E-state index in [-0.39, 0.29) is 18.0 Å². The Bertz CT molecular complexity index is 918. The van der Waals surface area contributed by atoms with Crippen LogP contribution in [-0.4, -0.2) is 23.5 Å². The van der Waals surface area contributed by atoms with Gasteiger partial charge in [-0.1, -0.05) is 41.0 Å². The van der Waals surface area contributed by atoms with E-state index in [4.69, 9.17) is 20.9 Å². The number of esters is 1. The van der Waals surface area contributed by atoms with Crippen LogP contribution in [0.1, 0.15) is 38.6 Å². The summed E-state index contributed by atoms with van der Waals surface area (Å²) in [5, 5.41) is 6.27. The van der Waals surface area contributed by atoms with Crippen molar-refractivity contribution in [2.45, 2.75) is 19.8 Å². The van der Waals surface area contributed by atoms with Crippen LogP contribution in [0.25, 0.3) is 11.3 Å². The quantitative estimate of drug-likeness (QED) is 0.316. The van der Waals surface area contributed by atoms with E-state index in [0.29, 0.717) is 39.8 Å². The molecule has 0 bridgehead atoms. The third-order valence-corrected chi connectivity index (χ3v) is 5.01. The summed E-state index contributed by atoms with van der Waals surface area (Å²) in [6, 6.07) is 10.7. The van der Waals surface area contributed by atoms with Crippen molar-refractivity contribution in [2.24, 2.45) is 0 Å². The molecular formula is C19H16ClNO4S. The van der Waals surface area contributed by atoms with Crippen molar-refractivity contribution in [1.82, 2.24) is 5.16 Å². The number of hydrogen-bond acceptors (Lipinski definition) is 6. The molecule has 0 aliphatic rings. The number of thiophene rings is 1. The van der Waals surface area contributed by atoms with Gasteiger partial charge in [0.15, 0.2) is 5.78 Å². The van der Waals surface area contributed by atoms with Gasteiger partial charge in [-0.15, -0.1) is 11.3 Å². The number of nitrogens with zero attached hydrogens (tertiary/aromatic N) is 1. The Labute approximate surface area is 159 Å². The zero-order valence-electron chi connectivity index (χ0n) is 14.0. The second kappa shape index (κ2) is 8.29. The lowest BCUT2D eigenvalue weighted by atomic mass is 10.1. The molecule has 0 atom stereocenters. The van der Waals surface area contributed by atoms with Crippen molar-refractivity contribution in [3.8, 4) is 11.3 Å². The Morgan fingerprint density at radius 3 is 2.77 bits per heavy atom. The van der Waals surface area contributed by atoms with E-state index in [0.717, 1.165) is 0 Å². The number of ketones is 1. The maximum absolute atomic E-state index is 12.5. The second-order valence-corrected chi connectivity index (χ2v) is 6.94. The fraction of sp³-hybridized carbons (Fsp3) is 0.211. The lowest BCUT2D eigenvalue weighted by Crippen LogP contribution is -2.09. The number of carbonyl (C=O) groups excluding carboxylic acids is 2. The number of carbonyl (C=O) groups is 2. The summed E-state index contributed by atoms with van der Waals surface area (Å²) in [6.45, 7) is 1.78. The standard InChI is InChI=1S/C19H16ClNO4S/c1-12-17(18(21-25-12)13-6-2-3-7-14(13)20)19(23)24-10-4-8-15(22)16-9-5-11-26-16/h2-3,5-7,9,11H,4,8,10H2,1H3. The lowest BCUT2D eigenvalue weighted by Gasteiger charge is -2.06. The normalized spacial score (nSPS) is 10.7. The summed E-state index contributed by atoms with van der Waals surface area (Å²) < 4.78 is 10.5. The van der Waals surface area contributed by atoms with E-state index in [9.17, 15) is 9.59 Å². The molecule has 0 aliphatic heterocycles. The molecule has 7 heteroatoms. The molecule has 26 heavy (non-hydrogen) atoms. The minimum absolute atomic E-state index is 0.0500. The number of hydrogen-bond donors (Lipinski definition) is 0. The van der Waals surface area contributed by atoms with Crippen molar-refractivity contribution in [3.63, 3.8) is 0 Å². The van der Waals surface area contributed by atoms with Crippen molar-refractivity contribution < 1.29 is 18.8 Å². The monoisotopic (exact) mass is 389 g/mol. The first-order valence-corrected chi connectivity index (χ1v) is 9.28. The minimum Gasteiger partial charge on any atom is -0.462 e. The van der Waals surface area contributed by atoms with Crippen molar-refractivity contribution in [3.05, 3.63) is 63.0 Å². The minimum atomic E-state index is -0.540. The molecule has 3 rings (SSSR count). The van der Waals surface area contributed by atoms with Crippen molar-refractivity contribution >= 4 is 34.7 Å². The Morgan fingerprint density at radius 1 is 1.23 bits per heavy atom. The number of Topliss-reactive ketones (excluding diaryl/α,β-unsaturated/α-hetero) is 1. The third kappa shape index (κ3) is 4.03. The molecule has 0 saturated heterocycles. The molecule has 2 heterocycles. The SMILES string of the molecule is Cc1onc(-c2ccccc2Cl)c1C(=O)OCCCC(=O)c1cccs1. The molecule has 0 amide bonds. The van der Waals surface area contributed by atoms with Gasteiger partial charge in [0.1, 0.15) is 17.0 Å². The lowest BCUT2D eigenvalue weighted by molar-refractivity contribution is 0.0493. The van der Waals surface area contributed by atoms with Gasteiger partial charge in [-0.3, -0.25) is 4.79 Å². The highest BCUT2D eigenvalue weighted by Gasteiger charge is 2.24. The van der Waals surface area contributed by atoms with Crippen molar-refractivity contribution in [1.29, 1.82) is 0 Å². The fourth-order valence-corrected chi connectivity index (χ4v) is 3.40. The van der Waals surface area contributed by atoms with Crippen LogP contribution < -0.4 is 0 Å². The highest BCUT2D eigenvalue weighted by molar-refractivity contribution is 7.12. The highest BCUT2D eigenvalue weighted by Crippen LogP contribution is 2.31. The largest absolute Gasteiger partial charge is 0.462 e. The summed E-state index contributed by atoms with van der Waals surface area (Å²) in [5.74, 6) is -0.129. The van der Waals surface area contributed by atoms with Crippen molar-refractivity contribution in [2.75, 3.05) is 6.61 Å². The summed E-state index contributed by atoms with van der Waals surface area (Å²) in [6.07, 6.45) is 0.780. The average molecular weight is 390 g/mol. The van der Waals surface area contributed by atoms with Crippen LogP contribution in [0, 0.1) is 6.92 Å². The average Bonchev–Trinajstić information content (AvgIpc) is 3.29. The van der Waals surface area contributed by atoms with Gasteiger partial charge in [-0.2, -0.15) is 0 Å². The van der Waals surface area contributed by atoms with Gasteiger partial charge in [0.25, 0.3) is 0 Å². The highest BCUT2D eigenvalue weighted by atomic mass is 35.5. The van der Waals surface area contributed by atoms with Crippen LogP contribution in [0.3, 0.4) is 0 Å². The Kier molecular flexibility index (Phi) is 5.85. The van der Waals surface area contributed by atoms with E-state index < -0.39 is 5.97 Å². The van der Waals surface area contributed by atoms with Gasteiger partial charge in [0, 0.05) is 12.0 Å². The van der Waals surface area contributed by atoms with Gasteiger partial charge < -0.3 is 9.26 Å². The summed E-state index contributed by atoms with van der Waals surface area (Å²) in [7, 11) is 0. The van der Waals surface area contributed by atoms with Crippen LogP contribution in [0.2, 0.25) is 5.02 Å². The Morgan fingerprint density at radius 2 is 2.04 bits per heavy atom. The third-order valence-electron chi connectivity index (χ3n) is 3.77. The number of aryl methyl sites for hydroxylation is 1. The summed E-state index contributed by atoms with van der Waals surface area (Å²) >= 11 is 7.59. The van der Waals surface area contributed by atoms with Crippen LogP contribution in [0.4, 0.5) is 0 Å². The van der Waals surface area contributed by atoms with E-state index in [2.05, 4.69) is 5.16 Å². The second-order valence-electron chi connectivity index (χ2n) is 5.58. The van der Waals surface area contributed by atoms with Gasteiger partial charge in [0.05, 0.1) is 16.5 Å². The van der Waals surface area contributed by atoms with E-state index in [1.54, 1.807) is 37.3 Å². The molecule has 0 unspecified atom stereocenters. The number of aromatic nitrogens is 1. The molecule has 5 nitrogen and oxygen atoms in total. The van der Waals surface area contributed by atoms with Crippen LogP contribution in [0.5, 0.6) is 0 Å². The first kappa shape index (κ1) is 18.4. The van der Waals surface area contributed by atoms with Gasteiger partial charge in [-0.25, -0.2) is 4.79 Å². The smallest absolute Gasteiger partial charge is 0.344 e. The fourth-order valence-electron chi connectivity index (χ4n) is 2.48. The molecule has 0 spiro atoms. The Balaban J connectivity index is 1.63.